The van der Waals surface area contributed by atoms with Crippen LogP contribution in [0.4, 0.5) is 0 Å². The number of halogens is 1. The lowest BCUT2D eigenvalue weighted by Crippen LogP contribution is -2.30. The number of aryl methyl sites for hydroxylation is 1. The van der Waals surface area contributed by atoms with Gasteiger partial charge in [-0.1, -0.05) is 29.8 Å². The smallest absolute Gasteiger partial charge is 0.170 e. The maximum Gasteiger partial charge on any atom is 0.170 e. The number of furan rings is 1. The van der Waals surface area contributed by atoms with Crippen molar-refractivity contribution in [3.63, 3.8) is 0 Å². The third kappa shape index (κ3) is 4.01. The van der Waals surface area contributed by atoms with E-state index in [1.54, 1.807) is 6.20 Å². The standard InChI is InChI=1S/C22H22ClN3O2S/c1-14-6-7-15(13-16(14)23)18-8-9-19(28-18)21-20(17-5-2-3-10-24-17)25-22(29)26(21)11-4-12-27/h2-3,5-10,13,20-21,27H,4,11-12H2,1H3,(H,25,29)/t20-,21-/m1/s1. The number of nitrogens with one attached hydrogen (secondary N) is 1. The van der Waals surface area contributed by atoms with Crippen molar-refractivity contribution in [3.05, 3.63) is 76.8 Å². The highest BCUT2D eigenvalue weighted by Gasteiger charge is 2.41. The molecule has 5 nitrogen and oxygen atoms in total. The Bertz CT molecular complexity index is 1010. The zero-order valence-electron chi connectivity index (χ0n) is 16.0. The van der Waals surface area contributed by atoms with Crippen molar-refractivity contribution >= 4 is 28.9 Å². The summed E-state index contributed by atoms with van der Waals surface area (Å²) in [7, 11) is 0. The van der Waals surface area contributed by atoms with Gasteiger partial charge in [0.05, 0.1) is 11.7 Å². The first-order chi connectivity index (χ1) is 14.1. The molecular formula is C22H22ClN3O2S. The highest BCUT2D eigenvalue weighted by atomic mass is 35.5. The van der Waals surface area contributed by atoms with E-state index < -0.39 is 0 Å². The van der Waals surface area contributed by atoms with Crippen LogP contribution in [0.25, 0.3) is 11.3 Å². The number of aliphatic hydroxyl groups excluding tert-OH is 1. The first-order valence-electron chi connectivity index (χ1n) is 9.53. The van der Waals surface area contributed by atoms with Gasteiger partial charge in [0.1, 0.15) is 17.6 Å². The van der Waals surface area contributed by atoms with Gasteiger partial charge in [-0.25, -0.2) is 0 Å². The van der Waals surface area contributed by atoms with E-state index in [1.807, 2.05) is 55.5 Å². The van der Waals surface area contributed by atoms with Gasteiger partial charge in [-0.05, 0) is 61.5 Å². The quantitative estimate of drug-likeness (QED) is 0.558. The molecule has 0 amide bonds. The molecule has 1 aliphatic rings. The summed E-state index contributed by atoms with van der Waals surface area (Å²) in [5, 5.41) is 14.0. The average molecular weight is 428 g/mol. The number of benzene rings is 1. The number of hydrogen-bond donors (Lipinski definition) is 2. The Kier molecular flexibility index (Phi) is 5.85. The number of hydrogen-bond acceptors (Lipinski definition) is 4. The molecule has 0 spiro atoms. The third-order valence-corrected chi connectivity index (χ3v) is 5.89. The van der Waals surface area contributed by atoms with E-state index in [2.05, 4.69) is 15.2 Å². The Hall–Kier alpha value is -2.41. The molecule has 0 radical (unpaired) electrons. The van der Waals surface area contributed by atoms with E-state index >= 15 is 0 Å². The first kappa shape index (κ1) is 19.9. The minimum atomic E-state index is -0.154. The maximum absolute atomic E-state index is 9.32. The van der Waals surface area contributed by atoms with Gasteiger partial charge in [0.25, 0.3) is 0 Å². The average Bonchev–Trinajstić information content (AvgIpc) is 3.34. The molecule has 2 atom stereocenters. The molecule has 0 aliphatic carbocycles. The predicted octanol–water partition coefficient (Wildman–Crippen LogP) is 4.66. The summed E-state index contributed by atoms with van der Waals surface area (Å²) >= 11 is 11.9. The molecule has 1 saturated heterocycles. The van der Waals surface area contributed by atoms with Gasteiger partial charge < -0.3 is 19.7 Å². The number of rotatable bonds is 6. The molecule has 7 heteroatoms. The Morgan fingerprint density at radius 3 is 2.83 bits per heavy atom. The van der Waals surface area contributed by atoms with E-state index in [1.165, 1.54) is 0 Å². The molecule has 2 aromatic heterocycles. The summed E-state index contributed by atoms with van der Waals surface area (Å²) in [6.45, 7) is 2.70. The van der Waals surface area contributed by atoms with E-state index in [4.69, 9.17) is 28.2 Å². The van der Waals surface area contributed by atoms with Crippen LogP contribution in [0.5, 0.6) is 0 Å². The van der Waals surface area contributed by atoms with E-state index in [-0.39, 0.29) is 18.7 Å². The summed E-state index contributed by atoms with van der Waals surface area (Å²) in [5.74, 6) is 1.54. The van der Waals surface area contributed by atoms with Crippen molar-refractivity contribution in [2.24, 2.45) is 0 Å². The second-order valence-electron chi connectivity index (χ2n) is 7.06. The molecule has 3 heterocycles. The summed E-state index contributed by atoms with van der Waals surface area (Å²) in [6, 6.07) is 15.4. The van der Waals surface area contributed by atoms with Crippen molar-refractivity contribution in [3.8, 4) is 11.3 Å². The van der Waals surface area contributed by atoms with Gasteiger partial charge in [0, 0.05) is 29.9 Å². The highest BCUT2D eigenvalue weighted by molar-refractivity contribution is 7.80. The number of nitrogens with zero attached hydrogens (tertiary/aromatic N) is 2. The number of thiocarbonyl (C=S) groups is 1. The predicted molar refractivity (Wildman–Crippen MR) is 118 cm³/mol. The fourth-order valence-corrected chi connectivity index (χ4v) is 4.12. The summed E-state index contributed by atoms with van der Waals surface area (Å²) in [5.41, 5.74) is 2.84. The SMILES string of the molecule is Cc1ccc(-c2ccc([C@@H]3[C@@H](c4ccccn4)NC(=S)N3CCCO)o2)cc1Cl. The van der Waals surface area contributed by atoms with Crippen LogP contribution in [0.3, 0.4) is 0 Å². The lowest BCUT2D eigenvalue weighted by molar-refractivity contribution is 0.233. The zero-order valence-corrected chi connectivity index (χ0v) is 17.6. The molecule has 4 rings (SSSR count). The lowest BCUT2D eigenvalue weighted by Gasteiger charge is -2.25. The second kappa shape index (κ2) is 8.53. The van der Waals surface area contributed by atoms with Crippen LogP contribution in [0.1, 0.15) is 35.5 Å². The lowest BCUT2D eigenvalue weighted by atomic mass is 10.0. The maximum atomic E-state index is 9.32. The van der Waals surface area contributed by atoms with Gasteiger partial charge in [-0.15, -0.1) is 0 Å². The van der Waals surface area contributed by atoms with Crippen molar-refractivity contribution in [2.45, 2.75) is 25.4 Å². The highest BCUT2D eigenvalue weighted by Crippen LogP contribution is 2.40. The van der Waals surface area contributed by atoms with E-state index in [0.717, 1.165) is 28.3 Å². The van der Waals surface area contributed by atoms with Crippen LogP contribution in [-0.2, 0) is 0 Å². The van der Waals surface area contributed by atoms with E-state index in [0.29, 0.717) is 23.1 Å². The molecule has 1 aliphatic heterocycles. The molecule has 0 saturated carbocycles. The van der Waals surface area contributed by atoms with Crippen LogP contribution in [-0.4, -0.2) is 33.3 Å². The molecule has 0 unspecified atom stereocenters. The Labute approximate surface area is 180 Å². The van der Waals surface area contributed by atoms with Gasteiger partial charge in [0.15, 0.2) is 5.11 Å². The van der Waals surface area contributed by atoms with Crippen LogP contribution >= 0.6 is 23.8 Å². The summed E-state index contributed by atoms with van der Waals surface area (Å²) < 4.78 is 6.27. The number of aliphatic hydroxyl groups is 1. The number of aromatic nitrogens is 1. The molecule has 0 bridgehead atoms. The second-order valence-corrected chi connectivity index (χ2v) is 7.86. The van der Waals surface area contributed by atoms with Crippen molar-refractivity contribution in [2.75, 3.05) is 13.2 Å². The molecule has 29 heavy (non-hydrogen) atoms. The van der Waals surface area contributed by atoms with Gasteiger partial charge in [-0.2, -0.15) is 0 Å². The summed E-state index contributed by atoms with van der Waals surface area (Å²) in [4.78, 5) is 6.58. The summed E-state index contributed by atoms with van der Waals surface area (Å²) in [6.07, 6.45) is 2.39. The molecular weight excluding hydrogens is 406 g/mol. The Morgan fingerprint density at radius 1 is 1.24 bits per heavy atom. The van der Waals surface area contributed by atoms with Crippen LogP contribution in [0.2, 0.25) is 5.02 Å². The van der Waals surface area contributed by atoms with Gasteiger partial charge >= 0.3 is 0 Å². The zero-order chi connectivity index (χ0) is 20.4. The Morgan fingerprint density at radius 2 is 2.10 bits per heavy atom. The van der Waals surface area contributed by atoms with Gasteiger partial charge in [-0.3, -0.25) is 4.98 Å². The fourth-order valence-electron chi connectivity index (χ4n) is 3.61. The number of pyridine rings is 1. The molecule has 1 fully saturated rings. The topological polar surface area (TPSA) is 61.5 Å². The largest absolute Gasteiger partial charge is 0.459 e. The molecule has 2 N–H and O–H groups in total. The third-order valence-electron chi connectivity index (χ3n) is 5.13. The van der Waals surface area contributed by atoms with Crippen molar-refractivity contribution < 1.29 is 9.52 Å². The van der Waals surface area contributed by atoms with Crippen molar-refractivity contribution in [1.82, 2.24) is 15.2 Å². The monoisotopic (exact) mass is 427 g/mol. The van der Waals surface area contributed by atoms with Gasteiger partial charge in [0.2, 0.25) is 0 Å². The molecule has 3 aromatic rings. The minimum Gasteiger partial charge on any atom is -0.459 e. The minimum absolute atomic E-state index is 0.103. The van der Waals surface area contributed by atoms with E-state index in [9.17, 15) is 5.11 Å². The van der Waals surface area contributed by atoms with Crippen LogP contribution < -0.4 is 5.32 Å². The van der Waals surface area contributed by atoms with Crippen molar-refractivity contribution in [1.29, 1.82) is 0 Å². The Balaban J connectivity index is 1.71. The van der Waals surface area contributed by atoms with Crippen LogP contribution in [0.15, 0.2) is 59.1 Å². The van der Waals surface area contributed by atoms with Crippen LogP contribution in [0, 0.1) is 6.92 Å². The first-order valence-corrected chi connectivity index (χ1v) is 10.3. The normalized spacial score (nSPS) is 18.9. The fraction of sp³-hybridized carbons (Fsp3) is 0.273. The molecule has 150 valence electrons. The molecule has 1 aromatic carbocycles.